The van der Waals surface area contributed by atoms with Crippen LogP contribution < -0.4 is 10.1 Å². The Morgan fingerprint density at radius 3 is 2.62 bits per heavy atom. The number of methoxy groups -OCH3 is 1. The van der Waals surface area contributed by atoms with Crippen LogP contribution in [-0.2, 0) is 0 Å². The van der Waals surface area contributed by atoms with Gasteiger partial charge in [0.1, 0.15) is 12.1 Å². The van der Waals surface area contributed by atoms with E-state index < -0.39 is 4.92 Å². The van der Waals surface area contributed by atoms with Gasteiger partial charge in [0.2, 0.25) is 0 Å². The summed E-state index contributed by atoms with van der Waals surface area (Å²) in [6, 6.07) is 12.9. The highest BCUT2D eigenvalue weighted by Gasteiger charge is 2.19. The molecule has 1 aromatic heterocycles. The molecule has 0 aliphatic carbocycles. The Hall–Kier alpha value is -3.22. The highest BCUT2D eigenvalue weighted by molar-refractivity contribution is 5.92. The Labute approximate surface area is 138 Å². The third kappa shape index (κ3) is 2.96. The first-order chi connectivity index (χ1) is 11.6. The predicted molar refractivity (Wildman–Crippen MR) is 91.2 cm³/mol. The minimum absolute atomic E-state index is 0.00884. The second kappa shape index (κ2) is 6.49. The van der Waals surface area contributed by atoms with Gasteiger partial charge >= 0.3 is 5.69 Å². The Kier molecular flexibility index (Phi) is 4.24. The fourth-order valence-electron chi connectivity index (χ4n) is 2.52. The van der Waals surface area contributed by atoms with Gasteiger partial charge in [0.25, 0.3) is 0 Å². The molecule has 0 saturated carbocycles. The SMILES string of the molecule is COc1cc2ncnc(N[C@H](C)c3ccccc3)c2cc1[N+](=O)[O-]. The summed E-state index contributed by atoms with van der Waals surface area (Å²) in [5, 5.41) is 15.1. The van der Waals surface area contributed by atoms with Crippen molar-refractivity contribution >= 4 is 22.4 Å². The number of nitro groups is 1. The van der Waals surface area contributed by atoms with Crippen molar-refractivity contribution in [2.75, 3.05) is 12.4 Å². The van der Waals surface area contributed by atoms with Crippen LogP contribution in [0, 0.1) is 10.1 Å². The van der Waals surface area contributed by atoms with Gasteiger partial charge in [0.05, 0.1) is 17.5 Å². The number of benzene rings is 2. The maximum Gasteiger partial charge on any atom is 0.311 e. The van der Waals surface area contributed by atoms with Crippen molar-refractivity contribution in [3.8, 4) is 5.75 Å². The van der Waals surface area contributed by atoms with Crippen molar-refractivity contribution < 1.29 is 9.66 Å². The predicted octanol–water partition coefficient (Wildman–Crippen LogP) is 3.72. The number of aromatic nitrogens is 2. The van der Waals surface area contributed by atoms with Crippen molar-refractivity contribution in [2.45, 2.75) is 13.0 Å². The van der Waals surface area contributed by atoms with Crippen LogP contribution in [0.5, 0.6) is 5.75 Å². The molecule has 7 nitrogen and oxygen atoms in total. The molecule has 0 amide bonds. The fourth-order valence-corrected chi connectivity index (χ4v) is 2.52. The van der Waals surface area contributed by atoms with Crippen molar-refractivity contribution in [2.24, 2.45) is 0 Å². The zero-order valence-corrected chi connectivity index (χ0v) is 13.3. The molecule has 0 aliphatic rings. The van der Waals surface area contributed by atoms with Crippen LogP contribution in [0.1, 0.15) is 18.5 Å². The first-order valence-corrected chi connectivity index (χ1v) is 7.38. The van der Waals surface area contributed by atoms with Gasteiger partial charge in [-0.25, -0.2) is 9.97 Å². The normalized spacial score (nSPS) is 11.9. The number of rotatable bonds is 5. The molecular formula is C17H16N4O3. The number of hydrogen-bond acceptors (Lipinski definition) is 6. The van der Waals surface area contributed by atoms with Crippen molar-refractivity contribution in [1.29, 1.82) is 0 Å². The van der Waals surface area contributed by atoms with Crippen LogP contribution in [0.4, 0.5) is 11.5 Å². The van der Waals surface area contributed by atoms with Crippen LogP contribution >= 0.6 is 0 Å². The molecule has 0 saturated heterocycles. The molecule has 2 aromatic carbocycles. The van der Waals surface area contributed by atoms with E-state index in [0.717, 1.165) is 5.56 Å². The third-order valence-electron chi connectivity index (χ3n) is 3.79. The van der Waals surface area contributed by atoms with Gasteiger partial charge in [-0.15, -0.1) is 0 Å². The average molecular weight is 324 g/mol. The molecule has 7 heteroatoms. The summed E-state index contributed by atoms with van der Waals surface area (Å²) in [5.74, 6) is 0.718. The van der Waals surface area contributed by atoms with E-state index in [9.17, 15) is 10.1 Å². The molecule has 3 rings (SSSR count). The number of ether oxygens (including phenoxy) is 1. The molecule has 1 N–H and O–H groups in total. The summed E-state index contributed by atoms with van der Waals surface area (Å²) in [5.41, 5.74) is 1.55. The Bertz CT molecular complexity index is 884. The highest BCUT2D eigenvalue weighted by atomic mass is 16.6. The summed E-state index contributed by atoms with van der Waals surface area (Å²) in [7, 11) is 1.39. The lowest BCUT2D eigenvalue weighted by molar-refractivity contribution is -0.385. The number of anilines is 1. The van der Waals surface area contributed by atoms with E-state index >= 15 is 0 Å². The van der Waals surface area contributed by atoms with Crippen LogP contribution in [-0.4, -0.2) is 22.0 Å². The zero-order valence-electron chi connectivity index (χ0n) is 13.3. The largest absolute Gasteiger partial charge is 0.490 e. The lowest BCUT2D eigenvalue weighted by atomic mass is 10.1. The van der Waals surface area contributed by atoms with Gasteiger partial charge in [-0.05, 0) is 12.5 Å². The highest BCUT2D eigenvalue weighted by Crippen LogP contribution is 2.34. The summed E-state index contributed by atoms with van der Waals surface area (Å²) in [6.45, 7) is 2.00. The zero-order chi connectivity index (χ0) is 17.1. The third-order valence-corrected chi connectivity index (χ3v) is 3.79. The van der Waals surface area contributed by atoms with Gasteiger partial charge in [0, 0.05) is 23.6 Å². The van der Waals surface area contributed by atoms with Gasteiger partial charge in [-0.2, -0.15) is 0 Å². The molecule has 3 aromatic rings. The molecule has 24 heavy (non-hydrogen) atoms. The minimum Gasteiger partial charge on any atom is -0.490 e. The molecule has 0 spiro atoms. The van der Waals surface area contributed by atoms with E-state index in [1.807, 2.05) is 37.3 Å². The molecular weight excluding hydrogens is 308 g/mol. The summed E-state index contributed by atoms with van der Waals surface area (Å²) < 4.78 is 5.08. The topological polar surface area (TPSA) is 90.2 Å². The van der Waals surface area contributed by atoms with E-state index in [0.29, 0.717) is 16.7 Å². The molecule has 0 bridgehead atoms. The van der Waals surface area contributed by atoms with E-state index in [-0.39, 0.29) is 17.5 Å². The van der Waals surface area contributed by atoms with E-state index in [2.05, 4.69) is 15.3 Å². The summed E-state index contributed by atoms with van der Waals surface area (Å²) in [6.07, 6.45) is 1.42. The molecule has 0 aliphatic heterocycles. The summed E-state index contributed by atoms with van der Waals surface area (Å²) >= 11 is 0. The number of nitrogens with zero attached hydrogens (tertiary/aromatic N) is 3. The monoisotopic (exact) mass is 324 g/mol. The second-order valence-electron chi connectivity index (χ2n) is 5.30. The smallest absolute Gasteiger partial charge is 0.311 e. The van der Waals surface area contributed by atoms with Crippen molar-refractivity contribution in [3.05, 3.63) is 64.5 Å². The second-order valence-corrected chi connectivity index (χ2v) is 5.30. The first-order valence-electron chi connectivity index (χ1n) is 7.38. The standard InChI is InChI=1S/C17H16N4O3/c1-11(12-6-4-3-5-7-12)20-17-13-8-15(21(22)23)16(24-2)9-14(13)18-10-19-17/h3-11H,1-2H3,(H,18,19,20)/t11-/m1/s1. The Balaban J connectivity index is 2.05. The lowest BCUT2D eigenvalue weighted by Crippen LogP contribution is -2.08. The Morgan fingerprint density at radius 2 is 1.96 bits per heavy atom. The Morgan fingerprint density at radius 1 is 1.21 bits per heavy atom. The first kappa shape index (κ1) is 15.7. The molecule has 0 unspecified atom stereocenters. The van der Waals surface area contributed by atoms with Crippen LogP contribution in [0.2, 0.25) is 0 Å². The van der Waals surface area contributed by atoms with Crippen LogP contribution in [0.3, 0.4) is 0 Å². The van der Waals surface area contributed by atoms with E-state index in [1.54, 1.807) is 6.07 Å². The van der Waals surface area contributed by atoms with Crippen molar-refractivity contribution in [3.63, 3.8) is 0 Å². The van der Waals surface area contributed by atoms with Gasteiger partial charge in [-0.1, -0.05) is 30.3 Å². The number of nitro benzene ring substituents is 1. The fraction of sp³-hybridized carbons (Fsp3) is 0.176. The minimum atomic E-state index is -0.477. The number of nitrogens with one attached hydrogen (secondary N) is 1. The lowest BCUT2D eigenvalue weighted by Gasteiger charge is -2.16. The van der Waals surface area contributed by atoms with Gasteiger partial charge in [0.15, 0.2) is 5.75 Å². The maximum atomic E-state index is 11.2. The molecule has 1 atom stereocenters. The van der Waals surface area contributed by atoms with Crippen LogP contribution in [0.25, 0.3) is 10.9 Å². The molecule has 1 heterocycles. The number of hydrogen-bond donors (Lipinski definition) is 1. The van der Waals surface area contributed by atoms with Gasteiger partial charge < -0.3 is 10.1 Å². The number of fused-ring (bicyclic) bond motifs is 1. The summed E-state index contributed by atoms with van der Waals surface area (Å²) in [4.78, 5) is 19.2. The van der Waals surface area contributed by atoms with E-state index in [1.165, 1.54) is 19.5 Å². The molecule has 0 fully saturated rings. The maximum absolute atomic E-state index is 11.2. The van der Waals surface area contributed by atoms with Crippen molar-refractivity contribution in [1.82, 2.24) is 9.97 Å². The van der Waals surface area contributed by atoms with Crippen LogP contribution in [0.15, 0.2) is 48.8 Å². The average Bonchev–Trinajstić information content (AvgIpc) is 2.61. The van der Waals surface area contributed by atoms with E-state index in [4.69, 9.17) is 4.74 Å². The van der Waals surface area contributed by atoms with Gasteiger partial charge in [-0.3, -0.25) is 10.1 Å². The molecule has 122 valence electrons. The molecule has 0 radical (unpaired) electrons. The quantitative estimate of drug-likeness (QED) is 0.568.